The SMILES string of the molecule is CCN(C(=O)CN(CC(N)=O)CC(=O)O)C1=CCCCC1. The largest absolute Gasteiger partial charge is 0.480 e. The van der Waals surface area contributed by atoms with E-state index < -0.39 is 11.9 Å². The quantitative estimate of drug-likeness (QED) is 0.664. The fourth-order valence-corrected chi connectivity index (χ4v) is 2.46. The van der Waals surface area contributed by atoms with Gasteiger partial charge in [0.25, 0.3) is 0 Å². The molecule has 0 fully saturated rings. The van der Waals surface area contributed by atoms with Crippen LogP contribution in [0.2, 0.25) is 0 Å². The Morgan fingerprint density at radius 3 is 2.43 bits per heavy atom. The van der Waals surface area contributed by atoms with Gasteiger partial charge in [-0.15, -0.1) is 0 Å². The third-order valence-electron chi connectivity index (χ3n) is 3.33. The number of nitrogens with zero attached hydrogens (tertiary/aromatic N) is 2. The van der Waals surface area contributed by atoms with Crippen molar-refractivity contribution < 1.29 is 19.5 Å². The normalized spacial score (nSPS) is 14.7. The average molecular weight is 297 g/mol. The Morgan fingerprint density at radius 2 is 1.95 bits per heavy atom. The van der Waals surface area contributed by atoms with Crippen LogP contribution in [0.5, 0.6) is 0 Å². The highest BCUT2D eigenvalue weighted by Crippen LogP contribution is 2.21. The third-order valence-corrected chi connectivity index (χ3v) is 3.33. The molecule has 21 heavy (non-hydrogen) atoms. The Hall–Kier alpha value is -1.89. The lowest BCUT2D eigenvalue weighted by atomic mass is 10.0. The Labute approximate surface area is 124 Å². The average Bonchev–Trinajstić information content (AvgIpc) is 2.39. The zero-order valence-corrected chi connectivity index (χ0v) is 12.4. The number of aliphatic carboxylic acids is 1. The number of rotatable bonds is 8. The van der Waals surface area contributed by atoms with Crippen LogP contribution < -0.4 is 5.73 Å². The van der Waals surface area contributed by atoms with E-state index in [9.17, 15) is 14.4 Å². The van der Waals surface area contributed by atoms with Gasteiger partial charge in [-0.1, -0.05) is 6.08 Å². The number of amides is 2. The minimum absolute atomic E-state index is 0.125. The summed E-state index contributed by atoms with van der Waals surface area (Å²) in [6, 6.07) is 0. The second-order valence-corrected chi connectivity index (χ2v) is 5.08. The van der Waals surface area contributed by atoms with E-state index in [0.717, 1.165) is 31.4 Å². The predicted molar refractivity (Wildman–Crippen MR) is 77.2 cm³/mol. The van der Waals surface area contributed by atoms with Crippen molar-refractivity contribution in [3.63, 3.8) is 0 Å². The summed E-state index contributed by atoms with van der Waals surface area (Å²) in [5.74, 6) is -1.94. The van der Waals surface area contributed by atoms with E-state index in [4.69, 9.17) is 10.8 Å². The Balaban J connectivity index is 2.70. The zero-order valence-electron chi connectivity index (χ0n) is 12.4. The van der Waals surface area contributed by atoms with Crippen molar-refractivity contribution in [1.29, 1.82) is 0 Å². The van der Waals surface area contributed by atoms with Crippen molar-refractivity contribution >= 4 is 17.8 Å². The molecule has 0 spiro atoms. The molecule has 0 saturated carbocycles. The maximum Gasteiger partial charge on any atom is 0.317 e. The van der Waals surface area contributed by atoms with Crippen LogP contribution in [0.25, 0.3) is 0 Å². The number of carbonyl (C=O) groups excluding carboxylic acids is 2. The fourth-order valence-electron chi connectivity index (χ4n) is 2.46. The summed E-state index contributed by atoms with van der Waals surface area (Å²) < 4.78 is 0. The molecule has 0 unspecified atom stereocenters. The lowest BCUT2D eigenvalue weighted by Gasteiger charge is -2.28. The summed E-state index contributed by atoms with van der Waals surface area (Å²) in [4.78, 5) is 37.0. The van der Waals surface area contributed by atoms with Gasteiger partial charge in [0.05, 0.1) is 19.6 Å². The summed E-state index contributed by atoms with van der Waals surface area (Å²) in [6.45, 7) is 1.66. The van der Waals surface area contributed by atoms with Crippen LogP contribution in [-0.4, -0.2) is 58.9 Å². The maximum atomic E-state index is 12.3. The number of hydrogen-bond donors (Lipinski definition) is 2. The van der Waals surface area contributed by atoms with Gasteiger partial charge in [0.1, 0.15) is 0 Å². The lowest BCUT2D eigenvalue weighted by Crippen LogP contribution is -2.45. The molecule has 3 N–H and O–H groups in total. The second kappa shape index (κ2) is 8.41. The zero-order chi connectivity index (χ0) is 15.8. The predicted octanol–water partition coefficient (Wildman–Crippen LogP) is 0.165. The number of carboxylic acid groups (broad SMARTS) is 1. The summed E-state index contributed by atoms with van der Waals surface area (Å²) in [6.07, 6.45) is 6.05. The standard InChI is InChI=1S/C14H23N3O4/c1-2-17(11-6-4-3-5-7-11)13(19)9-16(8-12(15)18)10-14(20)21/h6H,2-5,7-10H2,1H3,(H2,15,18)(H,20,21). The number of likely N-dealkylation sites (N-methyl/N-ethyl adjacent to an activating group) is 1. The first-order valence-corrected chi connectivity index (χ1v) is 7.16. The molecule has 0 radical (unpaired) electrons. The number of hydrogen-bond acceptors (Lipinski definition) is 4. The van der Waals surface area contributed by atoms with E-state index in [1.807, 2.05) is 6.92 Å². The van der Waals surface area contributed by atoms with Crippen LogP contribution in [0.4, 0.5) is 0 Å². The van der Waals surface area contributed by atoms with Crippen LogP contribution in [0.1, 0.15) is 32.6 Å². The fraction of sp³-hybridized carbons (Fsp3) is 0.643. The molecule has 7 heteroatoms. The summed E-state index contributed by atoms with van der Waals surface area (Å²) in [5, 5.41) is 8.82. The summed E-state index contributed by atoms with van der Waals surface area (Å²) >= 11 is 0. The van der Waals surface area contributed by atoms with Gasteiger partial charge in [-0.2, -0.15) is 0 Å². The first-order valence-electron chi connectivity index (χ1n) is 7.16. The lowest BCUT2D eigenvalue weighted by molar-refractivity contribution is -0.139. The molecule has 118 valence electrons. The van der Waals surface area contributed by atoms with Gasteiger partial charge in [-0.25, -0.2) is 0 Å². The molecule has 2 amide bonds. The number of nitrogens with two attached hydrogens (primary N) is 1. The van der Waals surface area contributed by atoms with Gasteiger partial charge in [0, 0.05) is 12.2 Å². The van der Waals surface area contributed by atoms with Crippen LogP contribution in [0.15, 0.2) is 11.8 Å². The van der Waals surface area contributed by atoms with Crippen molar-refractivity contribution in [2.45, 2.75) is 32.6 Å². The maximum absolute atomic E-state index is 12.3. The van der Waals surface area contributed by atoms with Gasteiger partial charge >= 0.3 is 5.97 Å². The van der Waals surface area contributed by atoms with Crippen LogP contribution in [0.3, 0.4) is 0 Å². The number of carboxylic acids is 1. The van der Waals surface area contributed by atoms with E-state index in [1.54, 1.807) is 4.90 Å². The van der Waals surface area contributed by atoms with E-state index >= 15 is 0 Å². The first-order chi connectivity index (χ1) is 9.93. The highest BCUT2D eigenvalue weighted by Gasteiger charge is 2.22. The Bertz CT molecular complexity index is 418. The highest BCUT2D eigenvalue weighted by atomic mass is 16.4. The minimum atomic E-state index is -1.09. The van der Waals surface area contributed by atoms with E-state index in [1.165, 1.54) is 4.90 Å². The second-order valence-electron chi connectivity index (χ2n) is 5.08. The van der Waals surface area contributed by atoms with Crippen molar-refractivity contribution in [2.75, 3.05) is 26.2 Å². The first kappa shape index (κ1) is 17.2. The molecule has 0 aromatic heterocycles. The van der Waals surface area contributed by atoms with E-state index in [2.05, 4.69) is 6.08 Å². The van der Waals surface area contributed by atoms with Crippen molar-refractivity contribution in [2.24, 2.45) is 5.73 Å². The van der Waals surface area contributed by atoms with Gasteiger partial charge in [-0.05, 0) is 32.6 Å². The Kier molecular flexibility index (Phi) is 6.87. The van der Waals surface area contributed by atoms with Crippen molar-refractivity contribution in [3.8, 4) is 0 Å². The molecule has 0 saturated heterocycles. The molecule has 1 rings (SSSR count). The molecule has 0 heterocycles. The molecule has 0 aromatic rings. The number of allylic oxidation sites excluding steroid dienone is 2. The van der Waals surface area contributed by atoms with Crippen LogP contribution in [-0.2, 0) is 14.4 Å². The molecule has 0 aromatic carbocycles. The van der Waals surface area contributed by atoms with E-state index in [-0.39, 0.29) is 25.5 Å². The van der Waals surface area contributed by atoms with Crippen LogP contribution >= 0.6 is 0 Å². The molecule has 0 bridgehead atoms. The van der Waals surface area contributed by atoms with Crippen molar-refractivity contribution in [1.82, 2.24) is 9.80 Å². The number of primary amides is 1. The molecule has 1 aliphatic rings. The third kappa shape index (κ3) is 5.95. The molecular weight excluding hydrogens is 274 g/mol. The van der Waals surface area contributed by atoms with Gasteiger partial charge < -0.3 is 15.7 Å². The molecule has 0 aliphatic heterocycles. The summed E-state index contributed by atoms with van der Waals surface area (Å²) in [5.41, 5.74) is 6.08. The molecule has 0 atom stereocenters. The van der Waals surface area contributed by atoms with Gasteiger partial charge in [0.15, 0.2) is 0 Å². The smallest absolute Gasteiger partial charge is 0.317 e. The number of carbonyl (C=O) groups is 3. The summed E-state index contributed by atoms with van der Waals surface area (Å²) in [7, 11) is 0. The topological polar surface area (TPSA) is 104 Å². The molecule has 7 nitrogen and oxygen atoms in total. The van der Waals surface area contributed by atoms with Crippen molar-refractivity contribution in [3.05, 3.63) is 11.8 Å². The van der Waals surface area contributed by atoms with Gasteiger partial charge in [0.2, 0.25) is 11.8 Å². The molecular formula is C14H23N3O4. The Morgan fingerprint density at radius 1 is 1.24 bits per heavy atom. The van der Waals surface area contributed by atoms with Gasteiger partial charge in [-0.3, -0.25) is 19.3 Å². The van der Waals surface area contributed by atoms with E-state index in [0.29, 0.717) is 6.54 Å². The monoisotopic (exact) mass is 297 g/mol. The minimum Gasteiger partial charge on any atom is -0.480 e. The molecule has 1 aliphatic carbocycles. The van der Waals surface area contributed by atoms with Crippen LogP contribution in [0, 0.1) is 0 Å². The highest BCUT2D eigenvalue weighted by molar-refractivity contribution is 5.82.